The summed E-state index contributed by atoms with van der Waals surface area (Å²) < 4.78 is 1.23. The molecular weight excluding hydrogens is 328 g/mol. The molecule has 7 heteroatoms. The second-order valence-corrected chi connectivity index (χ2v) is 6.63. The number of fused-ring (bicyclic) bond motifs is 2. The predicted octanol–water partition coefficient (Wildman–Crippen LogP) is 2.50. The summed E-state index contributed by atoms with van der Waals surface area (Å²) in [5.41, 5.74) is 10.0. The first kappa shape index (κ1) is 16.4. The number of para-hydroxylation sites is 2. The molecule has 2 aromatic heterocycles. The molecule has 7 nitrogen and oxygen atoms in total. The van der Waals surface area contributed by atoms with E-state index in [2.05, 4.69) is 21.4 Å². The highest BCUT2D eigenvalue weighted by Crippen LogP contribution is 2.26. The molecule has 0 saturated heterocycles. The third kappa shape index (κ3) is 2.85. The topological polar surface area (TPSA) is 112 Å². The number of hydrogen-bond acceptors (Lipinski definition) is 5. The first-order valence-corrected chi connectivity index (χ1v) is 8.93. The number of anilines is 1. The van der Waals surface area contributed by atoms with Gasteiger partial charge in [-0.1, -0.05) is 23.8 Å². The maximum atomic E-state index is 12.7. The second kappa shape index (κ2) is 6.67. The van der Waals surface area contributed by atoms with Crippen molar-refractivity contribution in [1.29, 1.82) is 0 Å². The van der Waals surface area contributed by atoms with Crippen LogP contribution in [0.3, 0.4) is 0 Å². The largest absolute Gasteiger partial charge is 0.383 e. The fourth-order valence-corrected chi connectivity index (χ4v) is 3.46. The zero-order valence-electron chi connectivity index (χ0n) is 14.5. The Morgan fingerprint density at radius 2 is 1.96 bits per heavy atom. The molecule has 0 fully saturated rings. The van der Waals surface area contributed by atoms with Gasteiger partial charge in [0.1, 0.15) is 16.9 Å². The van der Waals surface area contributed by atoms with E-state index in [0.717, 1.165) is 19.3 Å². The van der Waals surface area contributed by atoms with Crippen LogP contribution in [-0.4, -0.2) is 27.1 Å². The van der Waals surface area contributed by atoms with Gasteiger partial charge in [-0.3, -0.25) is 4.79 Å². The van der Waals surface area contributed by atoms with E-state index in [4.69, 9.17) is 11.6 Å². The molecule has 0 spiro atoms. The summed E-state index contributed by atoms with van der Waals surface area (Å²) in [6.07, 6.45) is 7.90. The van der Waals surface area contributed by atoms with E-state index in [1.165, 1.54) is 23.1 Å². The van der Waals surface area contributed by atoms with Crippen LogP contribution >= 0.6 is 0 Å². The number of hydrogen-bond donors (Lipinski definition) is 3. The number of nitrogen functional groups attached to an aromatic ring is 2. The molecule has 0 atom stereocenters. The SMILES string of the molecule is Nc1c(C(=O)NCCC2=CCCCC2)c2nc3ccccc3nc2n1N. The lowest BCUT2D eigenvalue weighted by molar-refractivity contribution is 0.0956. The fraction of sp³-hybridized carbons (Fsp3) is 0.316. The molecule has 1 amide bonds. The van der Waals surface area contributed by atoms with Gasteiger partial charge in [-0.2, -0.15) is 0 Å². The number of allylic oxidation sites excluding steroid dienone is 1. The maximum absolute atomic E-state index is 12.7. The summed E-state index contributed by atoms with van der Waals surface area (Å²) in [5.74, 6) is 5.92. The highest BCUT2D eigenvalue weighted by molar-refractivity contribution is 6.10. The number of benzene rings is 1. The summed E-state index contributed by atoms with van der Waals surface area (Å²) in [5, 5.41) is 2.94. The Bertz CT molecular complexity index is 1020. The van der Waals surface area contributed by atoms with E-state index in [1.807, 2.05) is 24.3 Å². The van der Waals surface area contributed by atoms with Gasteiger partial charge in [-0.05, 0) is 44.2 Å². The van der Waals surface area contributed by atoms with Crippen molar-refractivity contribution in [3.8, 4) is 0 Å². The van der Waals surface area contributed by atoms with Gasteiger partial charge in [0.15, 0.2) is 5.65 Å². The number of amides is 1. The van der Waals surface area contributed by atoms with E-state index >= 15 is 0 Å². The number of nitrogens with zero attached hydrogens (tertiary/aromatic N) is 3. The first-order chi connectivity index (χ1) is 12.6. The van der Waals surface area contributed by atoms with Crippen molar-refractivity contribution in [3.05, 3.63) is 41.5 Å². The number of aromatic nitrogens is 3. The molecule has 3 aromatic rings. The number of rotatable bonds is 4. The lowest BCUT2D eigenvalue weighted by atomic mass is 9.97. The smallest absolute Gasteiger partial charge is 0.257 e. The third-order valence-electron chi connectivity index (χ3n) is 4.88. The van der Waals surface area contributed by atoms with Gasteiger partial charge in [0.2, 0.25) is 0 Å². The maximum Gasteiger partial charge on any atom is 0.257 e. The monoisotopic (exact) mass is 350 g/mol. The van der Waals surface area contributed by atoms with Gasteiger partial charge in [0.05, 0.1) is 11.0 Å². The number of carbonyl (C=O) groups is 1. The highest BCUT2D eigenvalue weighted by Gasteiger charge is 2.22. The van der Waals surface area contributed by atoms with Gasteiger partial charge in [-0.15, -0.1) is 0 Å². The molecule has 0 radical (unpaired) electrons. The number of nitrogens with two attached hydrogens (primary N) is 2. The van der Waals surface area contributed by atoms with Crippen LogP contribution in [0.4, 0.5) is 5.82 Å². The molecule has 0 bridgehead atoms. The average molecular weight is 350 g/mol. The first-order valence-electron chi connectivity index (χ1n) is 8.93. The Balaban J connectivity index is 1.62. The van der Waals surface area contributed by atoms with Crippen LogP contribution in [0, 0.1) is 0 Å². The summed E-state index contributed by atoms with van der Waals surface area (Å²) in [6, 6.07) is 7.46. The molecular formula is C19H22N6O. The van der Waals surface area contributed by atoms with Crippen molar-refractivity contribution >= 4 is 33.9 Å². The van der Waals surface area contributed by atoms with Crippen molar-refractivity contribution in [2.24, 2.45) is 0 Å². The summed E-state index contributed by atoms with van der Waals surface area (Å²) in [7, 11) is 0. The lowest BCUT2D eigenvalue weighted by Crippen LogP contribution is -2.26. The molecule has 4 rings (SSSR count). The fourth-order valence-electron chi connectivity index (χ4n) is 3.46. The summed E-state index contributed by atoms with van der Waals surface area (Å²) >= 11 is 0. The van der Waals surface area contributed by atoms with Gasteiger partial charge in [-0.25, -0.2) is 14.6 Å². The molecule has 5 N–H and O–H groups in total. The zero-order chi connectivity index (χ0) is 18.1. The molecule has 0 unspecified atom stereocenters. The molecule has 1 aliphatic rings. The number of carbonyl (C=O) groups excluding carboxylic acids is 1. The van der Waals surface area contributed by atoms with E-state index in [9.17, 15) is 4.79 Å². The van der Waals surface area contributed by atoms with Crippen LogP contribution in [-0.2, 0) is 0 Å². The normalized spacial score (nSPS) is 14.5. The zero-order valence-corrected chi connectivity index (χ0v) is 14.5. The molecule has 1 aliphatic carbocycles. The second-order valence-electron chi connectivity index (χ2n) is 6.63. The highest BCUT2D eigenvalue weighted by atomic mass is 16.1. The average Bonchev–Trinajstić information content (AvgIpc) is 2.91. The van der Waals surface area contributed by atoms with Crippen molar-refractivity contribution in [1.82, 2.24) is 20.0 Å². The van der Waals surface area contributed by atoms with Gasteiger partial charge in [0.25, 0.3) is 5.91 Å². The Morgan fingerprint density at radius 3 is 2.69 bits per heavy atom. The quantitative estimate of drug-likeness (QED) is 0.494. The van der Waals surface area contributed by atoms with Crippen LogP contribution < -0.4 is 16.9 Å². The molecule has 1 aromatic carbocycles. The van der Waals surface area contributed by atoms with Crippen molar-refractivity contribution in [3.63, 3.8) is 0 Å². The van der Waals surface area contributed by atoms with E-state index in [1.54, 1.807) is 0 Å². The number of nitrogens with one attached hydrogen (secondary N) is 1. The standard InChI is InChI=1S/C19H22N6O/c20-17-15(19(26)22-11-10-12-6-2-1-3-7-12)16-18(25(17)21)24-14-9-5-4-8-13(14)23-16/h4-6,8-9H,1-3,7,10-11,20-21H2,(H,22,26). The predicted molar refractivity (Wildman–Crippen MR) is 103 cm³/mol. The molecule has 26 heavy (non-hydrogen) atoms. The van der Waals surface area contributed by atoms with Crippen LogP contribution in [0.15, 0.2) is 35.9 Å². The summed E-state index contributed by atoms with van der Waals surface area (Å²) in [6.45, 7) is 0.572. The Hall–Kier alpha value is -3.09. The summed E-state index contributed by atoms with van der Waals surface area (Å²) in [4.78, 5) is 21.8. The molecule has 2 heterocycles. The van der Waals surface area contributed by atoms with Crippen LogP contribution in [0.1, 0.15) is 42.5 Å². The van der Waals surface area contributed by atoms with Crippen molar-refractivity contribution in [2.45, 2.75) is 32.1 Å². The van der Waals surface area contributed by atoms with Gasteiger partial charge < -0.3 is 16.9 Å². The van der Waals surface area contributed by atoms with Gasteiger partial charge >= 0.3 is 0 Å². The van der Waals surface area contributed by atoms with Crippen molar-refractivity contribution in [2.75, 3.05) is 18.1 Å². The molecule has 134 valence electrons. The minimum atomic E-state index is -0.266. The minimum Gasteiger partial charge on any atom is -0.383 e. The van der Waals surface area contributed by atoms with E-state index in [-0.39, 0.29) is 11.7 Å². The lowest BCUT2D eigenvalue weighted by Gasteiger charge is -2.12. The van der Waals surface area contributed by atoms with Crippen LogP contribution in [0.2, 0.25) is 0 Å². The Morgan fingerprint density at radius 1 is 1.19 bits per heavy atom. The van der Waals surface area contributed by atoms with Crippen LogP contribution in [0.25, 0.3) is 22.2 Å². The molecule has 0 saturated carbocycles. The van der Waals surface area contributed by atoms with E-state index in [0.29, 0.717) is 34.3 Å². The van der Waals surface area contributed by atoms with E-state index < -0.39 is 0 Å². The molecule has 0 aliphatic heterocycles. The third-order valence-corrected chi connectivity index (χ3v) is 4.88. The van der Waals surface area contributed by atoms with Crippen molar-refractivity contribution < 1.29 is 4.79 Å². The van der Waals surface area contributed by atoms with Gasteiger partial charge in [0, 0.05) is 6.54 Å². The minimum absolute atomic E-state index is 0.171. The Labute approximate surface area is 151 Å². The Kier molecular flexibility index (Phi) is 4.20. The van der Waals surface area contributed by atoms with Crippen LogP contribution in [0.5, 0.6) is 0 Å².